The number of aryl methyl sites for hydroxylation is 2. The van der Waals surface area contributed by atoms with Crippen molar-refractivity contribution in [2.75, 3.05) is 39.8 Å². The largest absolute Gasteiger partial charge is 0.481 e. The smallest absolute Gasteiger partial charge is 0.336 e. The van der Waals surface area contributed by atoms with Gasteiger partial charge < -0.3 is 35.6 Å². The third-order valence-electron chi connectivity index (χ3n) is 6.92. The van der Waals surface area contributed by atoms with Crippen molar-refractivity contribution < 1.29 is 39.6 Å². The number of carbonyl (C=O) groups excluding carboxylic acids is 1. The number of aromatic amines is 1. The average molecular weight is 549 g/mol. The molecular formula is C27H40N4O8. The first-order chi connectivity index (χ1) is 18.2. The number of H-pyrrole nitrogens is 1. The molecule has 1 saturated heterocycles. The van der Waals surface area contributed by atoms with E-state index in [1.165, 1.54) is 10.9 Å². The Morgan fingerprint density at radius 2 is 1.62 bits per heavy atom. The Hall–Kier alpha value is -3.48. The molecule has 0 aliphatic carbocycles. The molecule has 1 aromatic heterocycles. The minimum atomic E-state index is -2.74. The minimum absolute atomic E-state index is 0.122. The van der Waals surface area contributed by atoms with Gasteiger partial charge in [0.2, 0.25) is 5.91 Å². The number of rotatable bonds is 11. The number of carboxylic acid groups (broad SMARTS) is 3. The Bertz CT molecular complexity index is 1150. The molecule has 0 saturated carbocycles. The predicted molar refractivity (Wildman–Crippen MR) is 145 cm³/mol. The van der Waals surface area contributed by atoms with Gasteiger partial charge >= 0.3 is 17.9 Å². The van der Waals surface area contributed by atoms with Gasteiger partial charge in [0.15, 0.2) is 5.60 Å². The number of aliphatic hydroxyl groups is 1. The molecule has 2 heterocycles. The number of carboxylic acids is 3. The van der Waals surface area contributed by atoms with Gasteiger partial charge in [-0.2, -0.15) is 0 Å². The van der Waals surface area contributed by atoms with Crippen molar-refractivity contribution in [1.82, 2.24) is 20.1 Å². The summed E-state index contributed by atoms with van der Waals surface area (Å²) >= 11 is 0. The van der Waals surface area contributed by atoms with Gasteiger partial charge in [0.25, 0.3) is 0 Å². The summed E-state index contributed by atoms with van der Waals surface area (Å²) in [6.45, 7) is 11.7. The molecule has 1 aliphatic heterocycles. The maximum absolute atomic E-state index is 12.7. The normalized spacial score (nSPS) is 15.3. The monoisotopic (exact) mass is 548 g/mol. The number of aliphatic carboxylic acids is 3. The highest BCUT2D eigenvalue weighted by Crippen LogP contribution is 2.25. The van der Waals surface area contributed by atoms with E-state index in [4.69, 9.17) is 20.4 Å². The quantitative estimate of drug-likeness (QED) is 0.239. The second-order valence-corrected chi connectivity index (χ2v) is 10.2. The average Bonchev–Trinajstić information content (AvgIpc) is 3.15. The van der Waals surface area contributed by atoms with Crippen LogP contribution in [0.25, 0.3) is 10.9 Å². The van der Waals surface area contributed by atoms with Gasteiger partial charge in [0, 0.05) is 55.4 Å². The summed E-state index contributed by atoms with van der Waals surface area (Å²) in [5, 5.41) is 38.2. The molecule has 1 fully saturated rings. The van der Waals surface area contributed by atoms with Crippen molar-refractivity contribution in [2.24, 2.45) is 0 Å². The molecule has 12 heteroatoms. The van der Waals surface area contributed by atoms with E-state index in [1.807, 2.05) is 0 Å². The molecule has 6 N–H and O–H groups in total. The van der Waals surface area contributed by atoms with Gasteiger partial charge in [0.05, 0.1) is 19.3 Å². The van der Waals surface area contributed by atoms with Crippen LogP contribution in [0.4, 0.5) is 0 Å². The van der Waals surface area contributed by atoms with Gasteiger partial charge in [-0.05, 0) is 38.4 Å². The maximum atomic E-state index is 12.7. The molecule has 1 aromatic carbocycles. The van der Waals surface area contributed by atoms with Crippen LogP contribution in [0.3, 0.4) is 0 Å². The van der Waals surface area contributed by atoms with Crippen molar-refractivity contribution in [3.05, 3.63) is 35.0 Å². The number of carbonyl (C=O) groups is 4. The second-order valence-electron chi connectivity index (χ2n) is 10.2. The van der Waals surface area contributed by atoms with E-state index in [1.54, 1.807) is 0 Å². The number of likely N-dealkylation sites (N-methyl/N-ethyl adjacent to an activating group) is 1. The molecule has 1 amide bonds. The Morgan fingerprint density at radius 3 is 2.13 bits per heavy atom. The van der Waals surface area contributed by atoms with Gasteiger partial charge in [-0.1, -0.05) is 25.1 Å². The third kappa shape index (κ3) is 9.34. The number of para-hydroxylation sites is 1. The molecule has 0 bridgehead atoms. The van der Waals surface area contributed by atoms with Crippen molar-refractivity contribution in [1.29, 1.82) is 0 Å². The first-order valence-corrected chi connectivity index (χ1v) is 12.9. The summed E-state index contributed by atoms with van der Waals surface area (Å²) in [6.07, 6.45) is -0.887. The summed E-state index contributed by atoms with van der Waals surface area (Å²) in [7, 11) is 2.17. The maximum Gasteiger partial charge on any atom is 0.336 e. The number of piperazine rings is 1. The standard InChI is InChI=1S/C21H32N4O.C6H8O7/c1-5-17(14-25-11-9-24(4)10-12-25)23-20(26)13-19-16(3)22-21-15(2)7-6-8-18(19)21;7-3(8)1-6(13,5(11)12)2-4(9)10/h6-8,17,22H,5,9-14H2,1-4H3,(H,23,26);13H,1-2H2,(H,7,8)(H,9,10)(H,11,12). The fourth-order valence-electron chi connectivity index (χ4n) is 4.55. The van der Waals surface area contributed by atoms with Crippen LogP contribution in [0.2, 0.25) is 0 Å². The van der Waals surface area contributed by atoms with Crippen LogP contribution in [0, 0.1) is 13.8 Å². The summed E-state index contributed by atoms with van der Waals surface area (Å²) in [5.41, 5.74) is 1.85. The zero-order valence-electron chi connectivity index (χ0n) is 23.0. The molecule has 0 radical (unpaired) electrons. The summed E-state index contributed by atoms with van der Waals surface area (Å²) in [6, 6.07) is 6.49. The SMILES string of the molecule is CCC(CN1CCN(C)CC1)NC(=O)Cc1c(C)[nH]c2c(C)cccc12.O=C(O)CC(O)(CC(=O)O)C(=O)O. The lowest BCUT2D eigenvalue weighted by molar-refractivity contribution is -0.170. The lowest BCUT2D eigenvalue weighted by Crippen LogP contribution is -2.50. The van der Waals surface area contributed by atoms with Crippen LogP contribution in [-0.4, -0.2) is 110 Å². The van der Waals surface area contributed by atoms with Crippen molar-refractivity contribution in [2.45, 2.75) is 58.1 Å². The Kier molecular flexibility index (Phi) is 11.4. The number of aromatic nitrogens is 1. The molecule has 12 nitrogen and oxygen atoms in total. The topological polar surface area (TPSA) is 183 Å². The third-order valence-corrected chi connectivity index (χ3v) is 6.92. The van der Waals surface area contributed by atoms with Gasteiger partial charge in [-0.3, -0.25) is 19.3 Å². The first kappa shape index (κ1) is 31.7. The van der Waals surface area contributed by atoms with E-state index in [0.717, 1.165) is 55.9 Å². The molecule has 0 spiro atoms. The number of nitrogens with one attached hydrogen (secondary N) is 2. The van der Waals surface area contributed by atoms with E-state index in [0.29, 0.717) is 6.42 Å². The van der Waals surface area contributed by atoms with E-state index in [-0.39, 0.29) is 11.9 Å². The van der Waals surface area contributed by atoms with E-state index >= 15 is 0 Å². The Balaban J connectivity index is 0.000000349. The zero-order chi connectivity index (χ0) is 29.3. The lowest BCUT2D eigenvalue weighted by atomic mass is 9.96. The molecule has 1 unspecified atom stereocenters. The fraction of sp³-hybridized carbons (Fsp3) is 0.556. The van der Waals surface area contributed by atoms with Crippen molar-refractivity contribution >= 4 is 34.7 Å². The van der Waals surface area contributed by atoms with Crippen LogP contribution in [-0.2, 0) is 25.6 Å². The number of nitrogens with zero attached hydrogens (tertiary/aromatic N) is 2. The molecule has 2 aromatic rings. The number of benzene rings is 1. The molecule has 1 atom stereocenters. The summed E-state index contributed by atoms with van der Waals surface area (Å²) in [5.74, 6) is -4.90. The number of fused-ring (bicyclic) bond motifs is 1. The van der Waals surface area contributed by atoms with Crippen LogP contribution in [0.1, 0.15) is 43.0 Å². The van der Waals surface area contributed by atoms with Gasteiger partial charge in [-0.15, -0.1) is 0 Å². The van der Waals surface area contributed by atoms with Crippen molar-refractivity contribution in [3.63, 3.8) is 0 Å². The second kappa shape index (κ2) is 14.1. The number of hydrogen-bond acceptors (Lipinski definition) is 7. The minimum Gasteiger partial charge on any atom is -0.481 e. The molecule has 216 valence electrons. The number of hydrogen-bond donors (Lipinski definition) is 6. The van der Waals surface area contributed by atoms with Crippen LogP contribution < -0.4 is 5.32 Å². The number of amides is 1. The Labute approximate surface area is 227 Å². The fourth-order valence-corrected chi connectivity index (χ4v) is 4.55. The van der Waals surface area contributed by atoms with Crippen LogP contribution in [0.15, 0.2) is 18.2 Å². The van der Waals surface area contributed by atoms with E-state index < -0.39 is 36.4 Å². The van der Waals surface area contributed by atoms with Crippen molar-refractivity contribution in [3.8, 4) is 0 Å². The highest BCUT2D eigenvalue weighted by atomic mass is 16.4. The van der Waals surface area contributed by atoms with E-state index in [9.17, 15) is 19.2 Å². The highest BCUT2D eigenvalue weighted by Gasteiger charge is 2.40. The molecule has 1 aliphatic rings. The summed E-state index contributed by atoms with van der Waals surface area (Å²) < 4.78 is 0. The predicted octanol–water partition coefficient (Wildman–Crippen LogP) is 1.22. The molecular weight excluding hydrogens is 508 g/mol. The van der Waals surface area contributed by atoms with Crippen LogP contribution >= 0.6 is 0 Å². The molecule has 3 rings (SSSR count). The van der Waals surface area contributed by atoms with Gasteiger partial charge in [-0.25, -0.2) is 4.79 Å². The first-order valence-electron chi connectivity index (χ1n) is 12.9. The highest BCUT2D eigenvalue weighted by molar-refractivity contribution is 5.91. The van der Waals surface area contributed by atoms with Gasteiger partial charge in [0.1, 0.15) is 0 Å². The summed E-state index contributed by atoms with van der Waals surface area (Å²) in [4.78, 5) is 51.5. The zero-order valence-corrected chi connectivity index (χ0v) is 23.0. The molecule has 39 heavy (non-hydrogen) atoms. The Morgan fingerprint density at radius 1 is 1.03 bits per heavy atom. The lowest BCUT2D eigenvalue weighted by Gasteiger charge is -2.34. The van der Waals surface area contributed by atoms with Crippen LogP contribution in [0.5, 0.6) is 0 Å². The van der Waals surface area contributed by atoms with E-state index in [2.05, 4.69) is 66.1 Å².